The third-order valence-electron chi connectivity index (χ3n) is 3.69. The summed E-state index contributed by atoms with van der Waals surface area (Å²) >= 11 is 1.92. The summed E-state index contributed by atoms with van der Waals surface area (Å²) in [6.45, 7) is 2.10. The minimum atomic E-state index is 0.292. The van der Waals surface area contributed by atoms with Crippen molar-refractivity contribution in [2.24, 2.45) is 0 Å². The number of likely N-dealkylation sites (N-methyl/N-ethyl adjacent to an activating group) is 1. The van der Waals surface area contributed by atoms with Crippen molar-refractivity contribution < 1.29 is 4.52 Å². The summed E-state index contributed by atoms with van der Waals surface area (Å²) < 4.78 is 5.48. The Kier molecular flexibility index (Phi) is 4.03. The summed E-state index contributed by atoms with van der Waals surface area (Å²) in [4.78, 5) is 8.97. The van der Waals surface area contributed by atoms with Crippen molar-refractivity contribution in [2.45, 2.75) is 25.3 Å². The number of hydrogen-bond acceptors (Lipinski definition) is 6. The molecule has 0 aliphatic carbocycles. The highest BCUT2D eigenvalue weighted by Crippen LogP contribution is 2.32. The molecule has 2 aromatic rings. The number of aromatic nitrogens is 3. The molecule has 2 aromatic heterocycles. The molecular weight excluding hydrogens is 272 g/mol. The molecule has 0 spiro atoms. The van der Waals surface area contributed by atoms with Crippen LogP contribution in [0, 0.1) is 0 Å². The Morgan fingerprint density at radius 3 is 3.15 bits per heavy atom. The summed E-state index contributed by atoms with van der Waals surface area (Å²) in [7, 11) is 1.98. The average molecular weight is 290 g/mol. The lowest BCUT2D eigenvalue weighted by Gasteiger charge is -2.13. The lowest BCUT2D eigenvalue weighted by molar-refractivity contribution is 0.344. The van der Waals surface area contributed by atoms with Crippen LogP contribution in [0.25, 0.3) is 11.5 Å². The van der Waals surface area contributed by atoms with Gasteiger partial charge in [-0.05, 0) is 25.1 Å². The second-order valence-corrected chi connectivity index (χ2v) is 5.93. The second kappa shape index (κ2) is 5.93. The van der Waals surface area contributed by atoms with Crippen LogP contribution in [-0.2, 0) is 6.42 Å². The Labute approximate surface area is 122 Å². The zero-order valence-electron chi connectivity index (χ0n) is 11.7. The van der Waals surface area contributed by atoms with Gasteiger partial charge in [-0.1, -0.05) is 18.1 Å². The maximum Gasteiger partial charge on any atom is 0.232 e. The van der Waals surface area contributed by atoms with E-state index in [1.807, 2.05) is 24.9 Å². The van der Waals surface area contributed by atoms with Crippen LogP contribution in [0.1, 0.15) is 24.3 Å². The SMILES string of the molecule is CCc1cccnc1-c1noc(C2CSCC2NC)n1. The van der Waals surface area contributed by atoms with Crippen LogP contribution in [0.4, 0.5) is 0 Å². The Balaban J connectivity index is 1.90. The highest BCUT2D eigenvalue weighted by atomic mass is 32.2. The molecule has 0 bridgehead atoms. The Morgan fingerprint density at radius 2 is 2.35 bits per heavy atom. The van der Waals surface area contributed by atoms with Gasteiger partial charge in [0.2, 0.25) is 11.7 Å². The third-order valence-corrected chi connectivity index (χ3v) is 4.88. The summed E-state index contributed by atoms with van der Waals surface area (Å²) in [6.07, 6.45) is 2.68. The number of nitrogens with zero attached hydrogens (tertiary/aromatic N) is 3. The zero-order valence-corrected chi connectivity index (χ0v) is 12.5. The molecule has 2 unspecified atom stereocenters. The summed E-state index contributed by atoms with van der Waals surface area (Å²) in [5.74, 6) is 3.72. The molecule has 1 aliphatic heterocycles. The maximum atomic E-state index is 5.48. The fourth-order valence-electron chi connectivity index (χ4n) is 2.49. The minimum absolute atomic E-state index is 0.292. The van der Waals surface area contributed by atoms with E-state index in [4.69, 9.17) is 4.52 Å². The van der Waals surface area contributed by atoms with Crippen molar-refractivity contribution in [1.82, 2.24) is 20.4 Å². The number of nitrogens with one attached hydrogen (secondary N) is 1. The first-order chi connectivity index (χ1) is 9.83. The largest absolute Gasteiger partial charge is 0.339 e. The normalized spacial score (nSPS) is 22.3. The van der Waals surface area contributed by atoms with E-state index in [0.717, 1.165) is 35.1 Å². The standard InChI is InChI=1S/C14H18N4OS/c1-3-9-5-4-6-16-12(9)13-17-14(19-18-13)10-7-20-8-11(10)15-2/h4-6,10-11,15H,3,7-8H2,1-2H3. The van der Waals surface area contributed by atoms with Gasteiger partial charge in [0, 0.05) is 23.7 Å². The smallest absolute Gasteiger partial charge is 0.232 e. The molecular formula is C14H18N4OS. The van der Waals surface area contributed by atoms with E-state index in [1.165, 1.54) is 0 Å². The molecule has 0 radical (unpaired) electrons. The van der Waals surface area contributed by atoms with Crippen molar-refractivity contribution >= 4 is 11.8 Å². The van der Waals surface area contributed by atoms with E-state index in [1.54, 1.807) is 6.20 Å². The van der Waals surface area contributed by atoms with Crippen molar-refractivity contribution in [3.8, 4) is 11.5 Å². The molecule has 0 amide bonds. The van der Waals surface area contributed by atoms with E-state index in [-0.39, 0.29) is 0 Å². The van der Waals surface area contributed by atoms with Crippen LogP contribution < -0.4 is 5.32 Å². The minimum Gasteiger partial charge on any atom is -0.339 e. The van der Waals surface area contributed by atoms with E-state index in [9.17, 15) is 0 Å². The Bertz CT molecular complexity index is 586. The van der Waals surface area contributed by atoms with Gasteiger partial charge in [0.25, 0.3) is 0 Å². The first-order valence-electron chi connectivity index (χ1n) is 6.86. The summed E-state index contributed by atoms with van der Waals surface area (Å²) in [5, 5.41) is 7.44. The Hall–Kier alpha value is -1.40. The van der Waals surface area contributed by atoms with E-state index < -0.39 is 0 Å². The zero-order chi connectivity index (χ0) is 13.9. The van der Waals surface area contributed by atoms with Gasteiger partial charge in [0.1, 0.15) is 5.69 Å². The monoisotopic (exact) mass is 290 g/mol. The van der Waals surface area contributed by atoms with Gasteiger partial charge in [-0.2, -0.15) is 16.7 Å². The molecule has 20 heavy (non-hydrogen) atoms. The van der Waals surface area contributed by atoms with Crippen LogP contribution in [-0.4, -0.2) is 39.7 Å². The molecule has 1 saturated heterocycles. The van der Waals surface area contributed by atoms with Gasteiger partial charge >= 0.3 is 0 Å². The lowest BCUT2D eigenvalue weighted by atomic mass is 10.0. The molecule has 0 saturated carbocycles. The van der Waals surface area contributed by atoms with Gasteiger partial charge in [0.05, 0.1) is 5.92 Å². The first kappa shape index (κ1) is 13.6. The fourth-order valence-corrected chi connectivity index (χ4v) is 3.91. The molecule has 1 N–H and O–H groups in total. The van der Waals surface area contributed by atoms with Crippen LogP contribution in [0.5, 0.6) is 0 Å². The molecule has 3 heterocycles. The van der Waals surface area contributed by atoms with Gasteiger partial charge in [-0.3, -0.25) is 4.98 Å². The molecule has 6 heteroatoms. The highest BCUT2D eigenvalue weighted by Gasteiger charge is 2.32. The topological polar surface area (TPSA) is 63.8 Å². The van der Waals surface area contributed by atoms with E-state index in [0.29, 0.717) is 17.8 Å². The van der Waals surface area contributed by atoms with Crippen molar-refractivity contribution in [2.75, 3.05) is 18.6 Å². The number of rotatable bonds is 4. The second-order valence-electron chi connectivity index (χ2n) is 4.86. The highest BCUT2D eigenvalue weighted by molar-refractivity contribution is 7.99. The number of pyridine rings is 1. The third kappa shape index (κ3) is 2.45. The molecule has 106 valence electrons. The van der Waals surface area contributed by atoms with Crippen LogP contribution in [0.2, 0.25) is 0 Å². The van der Waals surface area contributed by atoms with Crippen LogP contribution >= 0.6 is 11.8 Å². The molecule has 5 nitrogen and oxygen atoms in total. The van der Waals surface area contributed by atoms with E-state index in [2.05, 4.69) is 33.4 Å². The van der Waals surface area contributed by atoms with Crippen LogP contribution in [0.15, 0.2) is 22.9 Å². The van der Waals surface area contributed by atoms with Gasteiger partial charge in [0.15, 0.2) is 0 Å². The van der Waals surface area contributed by atoms with Crippen LogP contribution in [0.3, 0.4) is 0 Å². The molecule has 1 aliphatic rings. The predicted octanol–water partition coefficient (Wildman–Crippen LogP) is 2.11. The van der Waals surface area contributed by atoms with Gasteiger partial charge < -0.3 is 9.84 Å². The van der Waals surface area contributed by atoms with Crippen molar-refractivity contribution in [1.29, 1.82) is 0 Å². The van der Waals surface area contributed by atoms with Gasteiger partial charge in [-0.15, -0.1) is 0 Å². The average Bonchev–Trinajstić information content (AvgIpc) is 3.15. The quantitative estimate of drug-likeness (QED) is 0.930. The van der Waals surface area contributed by atoms with Crippen molar-refractivity contribution in [3.63, 3.8) is 0 Å². The maximum absolute atomic E-state index is 5.48. The molecule has 1 fully saturated rings. The predicted molar refractivity (Wildman–Crippen MR) is 79.8 cm³/mol. The number of hydrogen-bond donors (Lipinski definition) is 1. The first-order valence-corrected chi connectivity index (χ1v) is 8.01. The number of aryl methyl sites for hydroxylation is 1. The van der Waals surface area contributed by atoms with Gasteiger partial charge in [-0.25, -0.2) is 0 Å². The molecule has 2 atom stereocenters. The summed E-state index contributed by atoms with van der Waals surface area (Å²) in [6, 6.07) is 4.40. The molecule has 0 aromatic carbocycles. The van der Waals surface area contributed by atoms with E-state index >= 15 is 0 Å². The number of thioether (sulfide) groups is 1. The molecule has 3 rings (SSSR count). The Morgan fingerprint density at radius 1 is 1.45 bits per heavy atom. The summed E-state index contributed by atoms with van der Waals surface area (Å²) in [5.41, 5.74) is 1.97. The fraction of sp³-hybridized carbons (Fsp3) is 0.500. The van der Waals surface area contributed by atoms with Crippen molar-refractivity contribution in [3.05, 3.63) is 29.8 Å². The lowest BCUT2D eigenvalue weighted by Crippen LogP contribution is -2.31.